The number of aliphatic hydroxyl groups is 1. The highest BCUT2D eigenvalue weighted by Gasteiger charge is 2.18. The summed E-state index contributed by atoms with van der Waals surface area (Å²) in [4.78, 5) is 2.16. The summed E-state index contributed by atoms with van der Waals surface area (Å²) in [5, 5.41) is 14.5. The van der Waals surface area contributed by atoms with Gasteiger partial charge < -0.3 is 15.3 Å². The van der Waals surface area contributed by atoms with Crippen molar-refractivity contribution in [2.24, 2.45) is 0 Å². The predicted molar refractivity (Wildman–Crippen MR) is 81.7 cm³/mol. The van der Waals surface area contributed by atoms with Crippen molar-refractivity contribution in [1.29, 1.82) is 0 Å². The van der Waals surface area contributed by atoms with E-state index in [1.165, 1.54) is 0 Å². The van der Waals surface area contributed by atoms with E-state index in [1.807, 2.05) is 24.3 Å². The van der Waals surface area contributed by atoms with Crippen molar-refractivity contribution in [3.8, 4) is 0 Å². The van der Waals surface area contributed by atoms with Gasteiger partial charge in [0.2, 0.25) is 0 Å². The molecule has 1 aromatic carbocycles. The van der Waals surface area contributed by atoms with Crippen molar-refractivity contribution in [2.45, 2.75) is 31.9 Å². The number of benzene rings is 1. The zero-order valence-electron chi connectivity index (χ0n) is 12.1. The third kappa shape index (κ3) is 5.91. The molecule has 1 aromatic rings. The zero-order valence-corrected chi connectivity index (χ0v) is 12.8. The van der Waals surface area contributed by atoms with Gasteiger partial charge in [0.05, 0.1) is 6.10 Å². The van der Waals surface area contributed by atoms with E-state index in [-0.39, 0.29) is 6.04 Å². The molecular formula is C15H25ClN2O. The van der Waals surface area contributed by atoms with Crippen LogP contribution in [-0.2, 0) is 0 Å². The molecule has 108 valence electrons. The zero-order chi connectivity index (χ0) is 14.3. The predicted octanol–water partition coefficient (Wildman–Crippen LogP) is 2.69. The Morgan fingerprint density at radius 1 is 1.26 bits per heavy atom. The van der Waals surface area contributed by atoms with Crippen molar-refractivity contribution in [3.05, 3.63) is 34.9 Å². The molecule has 4 heteroatoms. The highest BCUT2D eigenvalue weighted by molar-refractivity contribution is 6.30. The van der Waals surface area contributed by atoms with Crippen LogP contribution in [0.5, 0.6) is 0 Å². The summed E-state index contributed by atoms with van der Waals surface area (Å²) in [6, 6.07) is 7.50. The fourth-order valence-electron chi connectivity index (χ4n) is 2.05. The molecule has 0 spiro atoms. The van der Waals surface area contributed by atoms with Gasteiger partial charge in [-0.05, 0) is 57.7 Å². The van der Waals surface area contributed by atoms with Crippen molar-refractivity contribution in [2.75, 3.05) is 27.2 Å². The fourth-order valence-corrected chi connectivity index (χ4v) is 2.18. The van der Waals surface area contributed by atoms with Crippen molar-refractivity contribution in [3.63, 3.8) is 0 Å². The Hall–Kier alpha value is -0.610. The molecule has 1 rings (SSSR count). The highest BCUT2D eigenvalue weighted by atomic mass is 35.5. The quantitative estimate of drug-likeness (QED) is 0.721. The monoisotopic (exact) mass is 284 g/mol. The Kier molecular flexibility index (Phi) is 7.39. The molecule has 0 amide bonds. The molecule has 3 nitrogen and oxygen atoms in total. The van der Waals surface area contributed by atoms with E-state index in [9.17, 15) is 5.11 Å². The van der Waals surface area contributed by atoms with E-state index in [1.54, 1.807) is 0 Å². The van der Waals surface area contributed by atoms with Gasteiger partial charge in [-0.1, -0.05) is 30.7 Å². The van der Waals surface area contributed by atoms with Gasteiger partial charge in [-0.15, -0.1) is 0 Å². The highest BCUT2D eigenvalue weighted by Crippen LogP contribution is 2.20. The number of aliphatic hydroxyl groups excluding tert-OH is 1. The average molecular weight is 285 g/mol. The Balaban J connectivity index is 2.47. The molecule has 19 heavy (non-hydrogen) atoms. The van der Waals surface area contributed by atoms with E-state index < -0.39 is 6.10 Å². The summed E-state index contributed by atoms with van der Waals surface area (Å²) in [5.74, 6) is 0. The van der Waals surface area contributed by atoms with Gasteiger partial charge >= 0.3 is 0 Å². The maximum absolute atomic E-state index is 10.4. The Labute approximate surface area is 121 Å². The molecule has 0 radical (unpaired) electrons. The second-order valence-corrected chi connectivity index (χ2v) is 5.56. The first-order valence-electron chi connectivity index (χ1n) is 6.86. The van der Waals surface area contributed by atoms with Crippen molar-refractivity contribution < 1.29 is 5.11 Å². The molecule has 2 atom stereocenters. The maximum atomic E-state index is 10.4. The number of hydrogen-bond donors (Lipinski definition) is 2. The van der Waals surface area contributed by atoms with E-state index >= 15 is 0 Å². The van der Waals surface area contributed by atoms with Crippen LogP contribution in [0.2, 0.25) is 5.02 Å². The van der Waals surface area contributed by atoms with Crippen LogP contribution < -0.4 is 5.32 Å². The standard InChI is InChI=1S/C15H25ClN2O/c1-4-14(17-10-5-11-18(2)3)15(19)12-6-8-13(16)9-7-12/h6-9,14-15,17,19H,4-5,10-11H2,1-3H3. The summed E-state index contributed by atoms with van der Waals surface area (Å²) in [6.07, 6.45) is 1.49. The van der Waals surface area contributed by atoms with Crippen LogP contribution in [0.25, 0.3) is 0 Å². The Morgan fingerprint density at radius 2 is 1.89 bits per heavy atom. The molecule has 0 aliphatic heterocycles. The minimum Gasteiger partial charge on any atom is -0.387 e. The second-order valence-electron chi connectivity index (χ2n) is 5.12. The van der Waals surface area contributed by atoms with E-state index in [2.05, 4.69) is 31.2 Å². The third-order valence-electron chi connectivity index (χ3n) is 3.22. The van der Waals surface area contributed by atoms with Crippen molar-refractivity contribution in [1.82, 2.24) is 10.2 Å². The summed E-state index contributed by atoms with van der Waals surface area (Å²) < 4.78 is 0. The SMILES string of the molecule is CCC(NCCCN(C)C)C(O)c1ccc(Cl)cc1. The van der Waals surface area contributed by atoms with Gasteiger partial charge in [-0.2, -0.15) is 0 Å². The number of nitrogens with one attached hydrogen (secondary N) is 1. The molecule has 2 N–H and O–H groups in total. The van der Waals surface area contributed by atoms with Crippen LogP contribution >= 0.6 is 11.6 Å². The number of nitrogens with zero attached hydrogens (tertiary/aromatic N) is 1. The summed E-state index contributed by atoms with van der Waals surface area (Å²) in [5.41, 5.74) is 0.913. The largest absolute Gasteiger partial charge is 0.387 e. The van der Waals surface area contributed by atoms with Crippen LogP contribution in [0.15, 0.2) is 24.3 Å². The molecule has 2 unspecified atom stereocenters. The van der Waals surface area contributed by atoms with Crippen molar-refractivity contribution >= 4 is 11.6 Å². The van der Waals surface area contributed by atoms with Crippen LogP contribution in [0.1, 0.15) is 31.4 Å². The molecule has 0 heterocycles. The molecule has 0 aromatic heterocycles. The lowest BCUT2D eigenvalue weighted by molar-refractivity contribution is 0.125. The van der Waals surface area contributed by atoms with Crippen LogP contribution in [-0.4, -0.2) is 43.2 Å². The first kappa shape index (κ1) is 16.4. The van der Waals surface area contributed by atoms with E-state index in [0.29, 0.717) is 5.02 Å². The first-order chi connectivity index (χ1) is 9.04. The molecule has 0 aliphatic rings. The van der Waals surface area contributed by atoms with Crippen LogP contribution in [0.4, 0.5) is 0 Å². The van der Waals surface area contributed by atoms with Gasteiger partial charge in [0.1, 0.15) is 0 Å². The lowest BCUT2D eigenvalue weighted by atomic mass is 10.0. The number of halogens is 1. The molecule has 0 aliphatic carbocycles. The van der Waals surface area contributed by atoms with E-state index in [4.69, 9.17) is 11.6 Å². The minimum absolute atomic E-state index is 0.0864. The summed E-state index contributed by atoms with van der Waals surface area (Å²) in [7, 11) is 4.14. The summed E-state index contributed by atoms with van der Waals surface area (Å²) in [6.45, 7) is 4.06. The minimum atomic E-state index is -0.485. The number of rotatable bonds is 8. The molecule has 0 saturated heterocycles. The molecular weight excluding hydrogens is 260 g/mol. The fraction of sp³-hybridized carbons (Fsp3) is 0.600. The smallest absolute Gasteiger partial charge is 0.0942 e. The average Bonchev–Trinajstić information content (AvgIpc) is 2.39. The number of hydrogen-bond acceptors (Lipinski definition) is 3. The van der Waals surface area contributed by atoms with E-state index in [0.717, 1.165) is 31.5 Å². The normalized spacial score (nSPS) is 14.6. The van der Waals surface area contributed by atoms with Gasteiger partial charge in [0.15, 0.2) is 0 Å². The van der Waals surface area contributed by atoms with Gasteiger partial charge in [-0.25, -0.2) is 0 Å². The van der Waals surface area contributed by atoms with Crippen LogP contribution in [0.3, 0.4) is 0 Å². The Bertz CT molecular complexity index is 354. The maximum Gasteiger partial charge on any atom is 0.0942 e. The third-order valence-corrected chi connectivity index (χ3v) is 3.47. The molecule has 0 saturated carbocycles. The lowest BCUT2D eigenvalue weighted by Gasteiger charge is -2.24. The van der Waals surface area contributed by atoms with Gasteiger partial charge in [0, 0.05) is 11.1 Å². The first-order valence-corrected chi connectivity index (χ1v) is 7.24. The summed E-state index contributed by atoms with van der Waals surface area (Å²) >= 11 is 5.86. The Morgan fingerprint density at radius 3 is 2.42 bits per heavy atom. The second kappa shape index (κ2) is 8.54. The molecule has 0 fully saturated rings. The lowest BCUT2D eigenvalue weighted by Crippen LogP contribution is -2.36. The van der Waals surface area contributed by atoms with Gasteiger partial charge in [-0.3, -0.25) is 0 Å². The topological polar surface area (TPSA) is 35.5 Å². The molecule has 0 bridgehead atoms. The van der Waals surface area contributed by atoms with Gasteiger partial charge in [0.25, 0.3) is 0 Å². The van der Waals surface area contributed by atoms with Crippen LogP contribution in [0, 0.1) is 0 Å².